The maximum atomic E-state index is 12.2. The zero-order valence-corrected chi connectivity index (χ0v) is 14.8. The molecule has 1 N–H and O–H groups in total. The van der Waals surface area contributed by atoms with Crippen LogP contribution in [0.15, 0.2) is 35.3 Å². The van der Waals surface area contributed by atoms with Crippen LogP contribution in [0.25, 0.3) is 10.9 Å². The van der Waals surface area contributed by atoms with Crippen LogP contribution in [0.5, 0.6) is 0 Å². The number of hydrogen-bond donors (Lipinski definition) is 1. The lowest BCUT2D eigenvalue weighted by molar-refractivity contribution is -0.121. The Kier molecular flexibility index (Phi) is 6.09. The molecule has 6 heteroatoms. The van der Waals surface area contributed by atoms with E-state index in [2.05, 4.69) is 43.0 Å². The third-order valence-electron chi connectivity index (χ3n) is 4.07. The first-order valence-corrected chi connectivity index (χ1v) is 8.37. The topological polar surface area (TPSA) is 67.2 Å². The predicted molar refractivity (Wildman–Crippen MR) is 96.0 cm³/mol. The van der Waals surface area contributed by atoms with Crippen LogP contribution < -0.4 is 10.7 Å². The van der Waals surface area contributed by atoms with Crippen molar-refractivity contribution in [3.63, 3.8) is 0 Å². The second-order valence-corrected chi connectivity index (χ2v) is 6.46. The Morgan fingerprint density at radius 3 is 2.54 bits per heavy atom. The van der Waals surface area contributed by atoms with Gasteiger partial charge in [-0.2, -0.15) is 5.10 Å². The van der Waals surface area contributed by atoms with Gasteiger partial charge in [-0.1, -0.05) is 12.1 Å². The van der Waals surface area contributed by atoms with Crippen LogP contribution >= 0.6 is 0 Å². The number of nitrogens with zero attached hydrogens (tertiary/aromatic N) is 3. The number of amides is 1. The molecule has 0 saturated carbocycles. The van der Waals surface area contributed by atoms with E-state index in [1.54, 1.807) is 22.9 Å². The minimum atomic E-state index is -0.133. The van der Waals surface area contributed by atoms with Crippen LogP contribution in [0.2, 0.25) is 0 Å². The van der Waals surface area contributed by atoms with Crippen molar-refractivity contribution in [2.24, 2.45) is 0 Å². The molecule has 1 aromatic carbocycles. The second kappa shape index (κ2) is 8.06. The van der Waals surface area contributed by atoms with Crippen LogP contribution in [-0.2, 0) is 11.3 Å². The zero-order valence-electron chi connectivity index (χ0n) is 14.8. The number of nitrogens with one attached hydrogen (secondary N) is 1. The average Bonchev–Trinajstić information content (AvgIpc) is 2.54. The second-order valence-electron chi connectivity index (χ2n) is 6.46. The highest BCUT2D eigenvalue weighted by molar-refractivity contribution is 5.81. The third kappa shape index (κ3) is 4.41. The Morgan fingerprint density at radius 1 is 1.21 bits per heavy atom. The lowest BCUT2D eigenvalue weighted by Crippen LogP contribution is -2.43. The molecule has 0 unspecified atom stereocenters. The van der Waals surface area contributed by atoms with E-state index in [-0.39, 0.29) is 17.9 Å². The lowest BCUT2D eigenvalue weighted by Gasteiger charge is -2.30. The Balaban J connectivity index is 1.99. The Bertz CT molecular complexity index is 744. The fourth-order valence-electron chi connectivity index (χ4n) is 2.92. The van der Waals surface area contributed by atoms with Crippen molar-refractivity contribution >= 4 is 16.8 Å². The van der Waals surface area contributed by atoms with Crippen molar-refractivity contribution in [3.05, 3.63) is 40.7 Å². The molecule has 6 nitrogen and oxygen atoms in total. The van der Waals surface area contributed by atoms with Crippen LogP contribution in [0.3, 0.4) is 0 Å². The van der Waals surface area contributed by atoms with Crippen molar-refractivity contribution in [1.29, 1.82) is 0 Å². The summed E-state index contributed by atoms with van der Waals surface area (Å²) in [6.45, 7) is 10.1. The number of carbonyl (C=O) groups excluding carboxylic acids is 1. The summed E-state index contributed by atoms with van der Waals surface area (Å²) in [5, 5.41) is 7.59. The number of hydrogen-bond acceptors (Lipinski definition) is 4. The van der Waals surface area contributed by atoms with Gasteiger partial charge in [-0.3, -0.25) is 19.2 Å². The molecule has 0 saturated heterocycles. The largest absolute Gasteiger partial charge is 0.353 e. The van der Waals surface area contributed by atoms with Crippen molar-refractivity contribution in [2.45, 2.75) is 46.3 Å². The molecule has 2 rings (SSSR count). The van der Waals surface area contributed by atoms with E-state index in [4.69, 9.17) is 0 Å². The lowest BCUT2D eigenvalue weighted by atomic mass is 10.2. The fourth-order valence-corrected chi connectivity index (χ4v) is 2.92. The van der Waals surface area contributed by atoms with E-state index in [1.807, 2.05) is 6.07 Å². The molecular formula is C18H26N4O2. The molecular weight excluding hydrogens is 304 g/mol. The summed E-state index contributed by atoms with van der Waals surface area (Å²) >= 11 is 0. The van der Waals surface area contributed by atoms with Crippen molar-refractivity contribution < 1.29 is 4.79 Å². The molecule has 0 bridgehead atoms. The number of carbonyl (C=O) groups is 1. The van der Waals surface area contributed by atoms with Gasteiger partial charge in [0.15, 0.2) is 0 Å². The van der Waals surface area contributed by atoms with E-state index < -0.39 is 0 Å². The number of para-hydroxylation sites is 1. The highest BCUT2D eigenvalue weighted by Crippen LogP contribution is 2.07. The molecule has 0 spiro atoms. The summed E-state index contributed by atoms with van der Waals surface area (Å²) in [4.78, 5) is 26.3. The van der Waals surface area contributed by atoms with E-state index >= 15 is 0 Å². The van der Waals surface area contributed by atoms with Crippen LogP contribution in [0.1, 0.15) is 27.7 Å². The van der Waals surface area contributed by atoms with Gasteiger partial charge in [-0.25, -0.2) is 0 Å². The SMILES string of the molecule is CC(C)N(CCNC(=O)Cn1ncc(=O)c2ccccc21)C(C)C. The minimum Gasteiger partial charge on any atom is -0.353 e. The predicted octanol–water partition coefficient (Wildman–Crippen LogP) is 1.63. The van der Waals surface area contributed by atoms with Gasteiger partial charge >= 0.3 is 0 Å². The first-order chi connectivity index (χ1) is 11.4. The van der Waals surface area contributed by atoms with Gasteiger partial charge in [0.05, 0.1) is 11.7 Å². The maximum Gasteiger partial charge on any atom is 0.241 e. The normalized spacial score (nSPS) is 11.6. The quantitative estimate of drug-likeness (QED) is 0.838. The molecule has 0 aliphatic heterocycles. The maximum absolute atomic E-state index is 12.2. The summed E-state index contributed by atoms with van der Waals surface area (Å²) in [7, 11) is 0. The highest BCUT2D eigenvalue weighted by atomic mass is 16.2. The molecule has 0 aliphatic rings. The molecule has 1 heterocycles. The van der Waals surface area contributed by atoms with E-state index in [0.29, 0.717) is 29.5 Å². The van der Waals surface area contributed by atoms with E-state index in [0.717, 1.165) is 6.54 Å². The third-order valence-corrected chi connectivity index (χ3v) is 4.07. The van der Waals surface area contributed by atoms with E-state index in [9.17, 15) is 9.59 Å². The van der Waals surface area contributed by atoms with Gasteiger partial charge in [0.2, 0.25) is 11.3 Å². The molecule has 0 aliphatic carbocycles. The number of aromatic nitrogens is 2. The zero-order chi connectivity index (χ0) is 17.7. The first kappa shape index (κ1) is 18.1. The van der Waals surface area contributed by atoms with Gasteiger partial charge < -0.3 is 5.32 Å². The van der Waals surface area contributed by atoms with Crippen LogP contribution in [-0.4, -0.2) is 45.8 Å². The van der Waals surface area contributed by atoms with E-state index in [1.165, 1.54) is 6.20 Å². The molecule has 2 aromatic rings. The van der Waals surface area contributed by atoms with Crippen molar-refractivity contribution in [2.75, 3.05) is 13.1 Å². The van der Waals surface area contributed by atoms with Gasteiger partial charge in [0.25, 0.3) is 0 Å². The van der Waals surface area contributed by atoms with Crippen molar-refractivity contribution in [1.82, 2.24) is 20.0 Å². The number of benzene rings is 1. The van der Waals surface area contributed by atoms with Crippen LogP contribution in [0.4, 0.5) is 0 Å². The molecule has 24 heavy (non-hydrogen) atoms. The molecule has 0 fully saturated rings. The van der Waals surface area contributed by atoms with Crippen LogP contribution in [0, 0.1) is 0 Å². The Labute approximate surface area is 142 Å². The fraction of sp³-hybridized carbons (Fsp3) is 0.500. The highest BCUT2D eigenvalue weighted by Gasteiger charge is 2.13. The molecule has 1 amide bonds. The molecule has 0 radical (unpaired) electrons. The number of rotatable bonds is 7. The Hall–Kier alpha value is -2.21. The summed E-state index contributed by atoms with van der Waals surface area (Å²) in [5.41, 5.74) is 0.540. The summed E-state index contributed by atoms with van der Waals surface area (Å²) in [6, 6.07) is 8.06. The Morgan fingerprint density at radius 2 is 1.88 bits per heavy atom. The van der Waals surface area contributed by atoms with Crippen molar-refractivity contribution in [3.8, 4) is 0 Å². The van der Waals surface area contributed by atoms with Gasteiger partial charge in [0.1, 0.15) is 6.54 Å². The molecule has 1 aromatic heterocycles. The summed E-state index contributed by atoms with van der Waals surface area (Å²) in [6.07, 6.45) is 1.26. The summed E-state index contributed by atoms with van der Waals surface area (Å²) < 4.78 is 1.56. The summed E-state index contributed by atoms with van der Waals surface area (Å²) in [5.74, 6) is -0.108. The average molecular weight is 330 g/mol. The minimum absolute atomic E-state index is 0.101. The first-order valence-electron chi connectivity index (χ1n) is 8.37. The molecule has 130 valence electrons. The standard InChI is InChI=1S/C18H26N4O2/c1-13(2)21(14(3)4)10-9-19-18(24)12-22-16-8-6-5-7-15(16)17(23)11-20-22/h5-8,11,13-14H,9-10,12H2,1-4H3,(H,19,24). The molecule has 0 atom stereocenters. The smallest absolute Gasteiger partial charge is 0.241 e. The monoisotopic (exact) mass is 330 g/mol. The van der Waals surface area contributed by atoms with Gasteiger partial charge in [0, 0.05) is 30.6 Å². The van der Waals surface area contributed by atoms with Gasteiger partial charge in [-0.05, 0) is 39.8 Å². The van der Waals surface area contributed by atoms with Gasteiger partial charge in [-0.15, -0.1) is 0 Å². The number of fused-ring (bicyclic) bond motifs is 1.